The second-order valence-corrected chi connectivity index (χ2v) is 7.85. The highest BCUT2D eigenvalue weighted by Gasteiger charge is 2.40. The highest BCUT2D eigenvalue weighted by molar-refractivity contribution is 7.12. The molecular formula is C17H24N2OS. The van der Waals surface area contributed by atoms with Crippen molar-refractivity contribution in [2.24, 2.45) is 0 Å². The maximum Gasteiger partial charge on any atom is 0.261 e. The van der Waals surface area contributed by atoms with E-state index in [1.807, 2.05) is 0 Å². The van der Waals surface area contributed by atoms with Crippen LogP contribution in [0.25, 0.3) is 0 Å². The normalized spacial score (nSPS) is 29.3. The minimum absolute atomic E-state index is 0.141. The summed E-state index contributed by atoms with van der Waals surface area (Å²) in [7, 11) is 0. The van der Waals surface area contributed by atoms with Crippen LogP contribution in [0.4, 0.5) is 0 Å². The van der Waals surface area contributed by atoms with Crippen LogP contribution in [0.5, 0.6) is 0 Å². The fraction of sp³-hybridized carbons (Fsp3) is 0.706. The summed E-state index contributed by atoms with van der Waals surface area (Å²) in [5.74, 6) is 0.789. The van der Waals surface area contributed by atoms with Gasteiger partial charge in [0, 0.05) is 24.0 Å². The van der Waals surface area contributed by atoms with E-state index in [0.29, 0.717) is 18.0 Å². The van der Waals surface area contributed by atoms with Crippen LogP contribution in [-0.2, 0) is 0 Å². The summed E-state index contributed by atoms with van der Waals surface area (Å²) in [6.07, 6.45) is 10.2. The molecule has 3 nitrogen and oxygen atoms in total. The molecule has 4 rings (SSSR count). The van der Waals surface area contributed by atoms with Gasteiger partial charge in [0.1, 0.15) is 0 Å². The van der Waals surface area contributed by atoms with Gasteiger partial charge in [0.05, 0.1) is 4.88 Å². The van der Waals surface area contributed by atoms with Gasteiger partial charge < -0.3 is 10.6 Å². The van der Waals surface area contributed by atoms with Crippen molar-refractivity contribution < 1.29 is 4.79 Å². The number of hydrogen-bond acceptors (Lipinski definition) is 3. The molecule has 3 fully saturated rings. The molecule has 4 heteroatoms. The molecule has 0 saturated heterocycles. The third-order valence-electron chi connectivity index (χ3n) is 5.31. The minimum atomic E-state index is 0.141. The lowest BCUT2D eigenvalue weighted by molar-refractivity contribution is 0.0942. The highest BCUT2D eigenvalue weighted by Crippen LogP contribution is 2.43. The largest absolute Gasteiger partial charge is 0.349 e. The molecule has 3 aliphatic rings. The lowest BCUT2D eigenvalue weighted by Crippen LogP contribution is -2.37. The molecule has 1 aromatic rings. The van der Waals surface area contributed by atoms with Gasteiger partial charge in [-0.3, -0.25) is 4.79 Å². The Labute approximate surface area is 130 Å². The molecule has 3 aliphatic carbocycles. The second-order valence-electron chi connectivity index (χ2n) is 6.94. The van der Waals surface area contributed by atoms with E-state index in [-0.39, 0.29) is 5.91 Å². The molecule has 1 heterocycles. The predicted molar refractivity (Wildman–Crippen MR) is 86.0 cm³/mol. The van der Waals surface area contributed by atoms with E-state index in [9.17, 15) is 4.79 Å². The molecule has 0 aromatic carbocycles. The Morgan fingerprint density at radius 3 is 2.57 bits per heavy atom. The molecule has 2 atom stereocenters. The van der Waals surface area contributed by atoms with Crippen LogP contribution in [0.2, 0.25) is 0 Å². The smallest absolute Gasteiger partial charge is 0.261 e. The minimum Gasteiger partial charge on any atom is -0.349 e. The van der Waals surface area contributed by atoms with Crippen LogP contribution in [0.1, 0.15) is 72.5 Å². The molecule has 114 valence electrons. The van der Waals surface area contributed by atoms with E-state index in [1.54, 1.807) is 11.3 Å². The Kier molecular flexibility index (Phi) is 3.76. The number of thiophene rings is 1. The first-order chi connectivity index (χ1) is 10.3. The number of carbonyl (C=O) groups is 1. The standard InChI is InChI=1S/C17H24N2OS/c20-17(19-13-4-1-2-5-13)16-8-11(10-21-16)14-9-15(14)18-12-6-3-7-12/h8,10,12-15,18H,1-7,9H2,(H,19,20). The molecular weight excluding hydrogens is 280 g/mol. The predicted octanol–water partition coefficient (Wildman–Crippen LogP) is 3.42. The first-order valence-electron chi connectivity index (χ1n) is 8.45. The Morgan fingerprint density at radius 2 is 1.86 bits per heavy atom. The summed E-state index contributed by atoms with van der Waals surface area (Å²) in [5.41, 5.74) is 1.37. The third kappa shape index (κ3) is 3.02. The van der Waals surface area contributed by atoms with Crippen molar-refractivity contribution in [1.29, 1.82) is 0 Å². The molecule has 1 aromatic heterocycles. The average Bonchev–Trinajstić information content (AvgIpc) is 2.86. The van der Waals surface area contributed by atoms with Crippen molar-refractivity contribution in [2.45, 2.75) is 75.4 Å². The number of nitrogens with one attached hydrogen (secondary N) is 2. The van der Waals surface area contributed by atoms with Gasteiger partial charge in [-0.05, 0) is 49.1 Å². The first kappa shape index (κ1) is 13.8. The zero-order chi connectivity index (χ0) is 14.2. The summed E-state index contributed by atoms with van der Waals surface area (Å²) < 4.78 is 0. The second kappa shape index (κ2) is 5.73. The monoisotopic (exact) mass is 304 g/mol. The van der Waals surface area contributed by atoms with E-state index < -0.39 is 0 Å². The van der Waals surface area contributed by atoms with Gasteiger partial charge in [0.15, 0.2) is 0 Å². The fourth-order valence-electron chi connectivity index (χ4n) is 3.62. The molecule has 0 aliphatic heterocycles. The van der Waals surface area contributed by atoms with Crippen molar-refractivity contribution in [1.82, 2.24) is 10.6 Å². The topological polar surface area (TPSA) is 41.1 Å². The Bertz CT molecular complexity index is 517. The van der Waals surface area contributed by atoms with Gasteiger partial charge >= 0.3 is 0 Å². The Balaban J connectivity index is 1.31. The van der Waals surface area contributed by atoms with Gasteiger partial charge in [-0.2, -0.15) is 0 Å². The van der Waals surface area contributed by atoms with E-state index in [2.05, 4.69) is 22.1 Å². The summed E-state index contributed by atoms with van der Waals surface area (Å²) in [6.45, 7) is 0. The van der Waals surface area contributed by atoms with E-state index in [4.69, 9.17) is 0 Å². The van der Waals surface area contributed by atoms with Crippen LogP contribution in [-0.4, -0.2) is 24.0 Å². The van der Waals surface area contributed by atoms with E-state index in [0.717, 1.165) is 23.8 Å². The summed E-state index contributed by atoms with van der Waals surface area (Å²) in [4.78, 5) is 13.2. The molecule has 21 heavy (non-hydrogen) atoms. The van der Waals surface area contributed by atoms with Crippen LogP contribution >= 0.6 is 11.3 Å². The van der Waals surface area contributed by atoms with Crippen LogP contribution in [0.3, 0.4) is 0 Å². The van der Waals surface area contributed by atoms with Crippen LogP contribution < -0.4 is 10.6 Å². The van der Waals surface area contributed by atoms with Crippen molar-refractivity contribution >= 4 is 17.2 Å². The summed E-state index contributed by atoms with van der Waals surface area (Å²) in [5, 5.41) is 9.12. The quantitative estimate of drug-likeness (QED) is 0.875. The number of rotatable bonds is 5. The molecule has 2 unspecified atom stereocenters. The zero-order valence-corrected chi connectivity index (χ0v) is 13.3. The van der Waals surface area contributed by atoms with E-state index in [1.165, 1.54) is 44.1 Å². The van der Waals surface area contributed by atoms with Crippen molar-refractivity contribution in [3.63, 3.8) is 0 Å². The third-order valence-corrected chi connectivity index (χ3v) is 6.25. The number of carbonyl (C=O) groups excluding carboxylic acids is 1. The van der Waals surface area contributed by atoms with Crippen LogP contribution in [0.15, 0.2) is 11.4 Å². The van der Waals surface area contributed by atoms with Gasteiger partial charge in [0.25, 0.3) is 5.91 Å². The lowest BCUT2D eigenvalue weighted by atomic mass is 9.93. The van der Waals surface area contributed by atoms with Gasteiger partial charge in [-0.25, -0.2) is 0 Å². The first-order valence-corrected chi connectivity index (χ1v) is 9.33. The van der Waals surface area contributed by atoms with Crippen molar-refractivity contribution in [2.75, 3.05) is 0 Å². The van der Waals surface area contributed by atoms with Crippen molar-refractivity contribution in [3.8, 4) is 0 Å². The SMILES string of the molecule is O=C(NC1CCCC1)c1cc(C2CC2NC2CCC2)cs1. The summed E-state index contributed by atoms with van der Waals surface area (Å²) >= 11 is 1.61. The highest BCUT2D eigenvalue weighted by atomic mass is 32.1. The van der Waals surface area contributed by atoms with Crippen molar-refractivity contribution in [3.05, 3.63) is 21.9 Å². The Morgan fingerprint density at radius 1 is 1.10 bits per heavy atom. The molecule has 0 bridgehead atoms. The molecule has 3 saturated carbocycles. The molecule has 0 radical (unpaired) electrons. The van der Waals surface area contributed by atoms with Gasteiger partial charge in [0.2, 0.25) is 0 Å². The maximum atomic E-state index is 12.3. The van der Waals surface area contributed by atoms with Gasteiger partial charge in [-0.15, -0.1) is 11.3 Å². The lowest BCUT2D eigenvalue weighted by Gasteiger charge is -2.26. The Hall–Kier alpha value is -0.870. The molecule has 0 spiro atoms. The van der Waals surface area contributed by atoms with E-state index >= 15 is 0 Å². The number of amides is 1. The number of hydrogen-bond donors (Lipinski definition) is 2. The fourth-order valence-corrected chi connectivity index (χ4v) is 4.49. The average molecular weight is 304 g/mol. The van der Waals surface area contributed by atoms with Gasteiger partial charge in [-0.1, -0.05) is 19.3 Å². The molecule has 2 N–H and O–H groups in total. The zero-order valence-electron chi connectivity index (χ0n) is 12.4. The van der Waals surface area contributed by atoms with Crippen LogP contribution in [0, 0.1) is 0 Å². The summed E-state index contributed by atoms with van der Waals surface area (Å²) in [6, 6.07) is 3.97. The maximum absolute atomic E-state index is 12.3. The molecule has 1 amide bonds.